The van der Waals surface area contributed by atoms with Gasteiger partial charge in [0.15, 0.2) is 5.13 Å². The Hall–Kier alpha value is -1.85. The minimum atomic E-state index is -0.140. The summed E-state index contributed by atoms with van der Waals surface area (Å²) in [4.78, 5) is 22.7. The van der Waals surface area contributed by atoms with Crippen LogP contribution in [0.5, 0.6) is 5.75 Å². The van der Waals surface area contributed by atoms with E-state index in [2.05, 4.69) is 14.5 Å². The number of morpholine rings is 1. The Labute approximate surface area is 187 Å². The van der Waals surface area contributed by atoms with Crippen molar-refractivity contribution in [2.75, 3.05) is 51.4 Å². The number of ether oxygens (including phenoxy) is 2. The number of carbonyl (C=O) groups excluding carboxylic acids is 1. The lowest BCUT2D eigenvalue weighted by Crippen LogP contribution is -2.39. The zero-order valence-electron chi connectivity index (χ0n) is 16.8. The number of aromatic nitrogens is 3. The second-order valence-electron chi connectivity index (χ2n) is 6.88. The van der Waals surface area contributed by atoms with Crippen molar-refractivity contribution in [3.63, 3.8) is 0 Å². The van der Waals surface area contributed by atoms with Crippen LogP contribution in [0.15, 0.2) is 12.1 Å². The Morgan fingerprint density at radius 2 is 2.17 bits per heavy atom. The monoisotopic (exact) mass is 467 g/mol. The summed E-state index contributed by atoms with van der Waals surface area (Å²) in [5, 5.41) is 5.18. The van der Waals surface area contributed by atoms with E-state index in [9.17, 15) is 4.79 Å². The first kappa shape index (κ1) is 21.4. The average Bonchev–Trinajstić information content (AvgIpc) is 3.39. The number of methoxy groups -OCH3 is 1. The van der Waals surface area contributed by atoms with Crippen LogP contribution in [0.3, 0.4) is 0 Å². The van der Waals surface area contributed by atoms with E-state index in [4.69, 9.17) is 26.1 Å². The number of rotatable bonds is 7. The Morgan fingerprint density at radius 3 is 2.87 bits per heavy atom. The molecular formula is C19H22ClN5O3S2. The summed E-state index contributed by atoms with van der Waals surface area (Å²) in [7, 11) is 1.60. The van der Waals surface area contributed by atoms with Crippen molar-refractivity contribution in [3.8, 4) is 5.75 Å². The summed E-state index contributed by atoms with van der Waals surface area (Å²) < 4.78 is 15.6. The number of benzene rings is 1. The zero-order chi connectivity index (χ0) is 21.1. The first-order chi connectivity index (χ1) is 14.6. The molecule has 8 nitrogen and oxygen atoms in total. The van der Waals surface area contributed by atoms with Gasteiger partial charge >= 0.3 is 0 Å². The molecule has 0 atom stereocenters. The molecule has 1 saturated heterocycles. The third kappa shape index (κ3) is 4.42. The van der Waals surface area contributed by atoms with Gasteiger partial charge in [0, 0.05) is 26.2 Å². The molecule has 11 heteroatoms. The Morgan fingerprint density at radius 1 is 1.37 bits per heavy atom. The van der Waals surface area contributed by atoms with E-state index in [1.807, 2.05) is 0 Å². The predicted molar refractivity (Wildman–Crippen MR) is 119 cm³/mol. The fourth-order valence-electron chi connectivity index (χ4n) is 3.33. The molecule has 1 fully saturated rings. The van der Waals surface area contributed by atoms with Gasteiger partial charge in [-0.2, -0.15) is 0 Å². The topological polar surface area (TPSA) is 80.7 Å². The van der Waals surface area contributed by atoms with Crippen molar-refractivity contribution in [1.29, 1.82) is 0 Å². The van der Waals surface area contributed by atoms with Crippen LogP contribution < -0.4 is 9.64 Å². The van der Waals surface area contributed by atoms with Gasteiger partial charge in [0.2, 0.25) is 0 Å². The summed E-state index contributed by atoms with van der Waals surface area (Å²) in [6, 6.07) is 3.57. The van der Waals surface area contributed by atoms with Crippen molar-refractivity contribution < 1.29 is 14.3 Å². The third-order valence-electron chi connectivity index (χ3n) is 4.95. The minimum absolute atomic E-state index is 0.140. The summed E-state index contributed by atoms with van der Waals surface area (Å²) in [6.45, 7) is 6.56. The fourth-order valence-corrected chi connectivity index (χ4v) is 5.22. The van der Waals surface area contributed by atoms with Crippen LogP contribution in [0.25, 0.3) is 10.2 Å². The molecule has 4 rings (SSSR count). The standard InChI is InChI=1S/C19H22ClN5O3S2/c1-12-16(30-23-22-12)18(26)25(7-3-6-24-8-10-28-11-9-24)19-21-15-14(27-2)5-4-13(20)17(15)29-19/h4-5H,3,6-11H2,1-2H3. The number of aryl methyl sites for hydroxylation is 1. The van der Waals surface area contributed by atoms with Gasteiger partial charge in [0.1, 0.15) is 16.1 Å². The van der Waals surface area contributed by atoms with Crippen LogP contribution >= 0.6 is 34.5 Å². The summed E-state index contributed by atoms with van der Waals surface area (Å²) >= 11 is 8.89. The first-order valence-electron chi connectivity index (χ1n) is 9.62. The Kier molecular flexibility index (Phi) is 6.79. The Bertz CT molecular complexity index is 1030. The Balaban J connectivity index is 1.62. The molecule has 0 unspecified atom stereocenters. The van der Waals surface area contributed by atoms with Gasteiger partial charge in [-0.05, 0) is 37.0 Å². The van der Waals surface area contributed by atoms with E-state index in [1.54, 1.807) is 31.1 Å². The van der Waals surface area contributed by atoms with Crippen LogP contribution in [0.1, 0.15) is 21.8 Å². The number of halogens is 1. The molecule has 0 aliphatic carbocycles. The number of fused-ring (bicyclic) bond motifs is 1. The van der Waals surface area contributed by atoms with Gasteiger partial charge < -0.3 is 9.47 Å². The van der Waals surface area contributed by atoms with Crippen LogP contribution in [0.4, 0.5) is 5.13 Å². The van der Waals surface area contributed by atoms with Gasteiger partial charge in [-0.15, -0.1) is 5.10 Å². The van der Waals surface area contributed by atoms with Crippen molar-refractivity contribution in [2.24, 2.45) is 0 Å². The number of hydrogen-bond acceptors (Lipinski definition) is 9. The smallest absolute Gasteiger partial charge is 0.273 e. The number of carbonyl (C=O) groups is 1. The molecule has 1 aromatic carbocycles. The molecule has 0 N–H and O–H groups in total. The number of thiazole rings is 1. The first-order valence-corrected chi connectivity index (χ1v) is 11.6. The van der Waals surface area contributed by atoms with E-state index >= 15 is 0 Å². The van der Waals surface area contributed by atoms with Crippen molar-refractivity contribution >= 4 is 55.7 Å². The van der Waals surface area contributed by atoms with E-state index in [0.29, 0.717) is 38.5 Å². The molecule has 2 aromatic heterocycles. The van der Waals surface area contributed by atoms with Gasteiger partial charge in [-0.1, -0.05) is 27.4 Å². The number of hydrogen-bond donors (Lipinski definition) is 0. The van der Waals surface area contributed by atoms with E-state index in [-0.39, 0.29) is 5.91 Å². The minimum Gasteiger partial charge on any atom is -0.494 e. The largest absolute Gasteiger partial charge is 0.494 e. The van der Waals surface area contributed by atoms with Crippen molar-refractivity contribution in [3.05, 3.63) is 27.7 Å². The maximum Gasteiger partial charge on any atom is 0.273 e. The van der Waals surface area contributed by atoms with Gasteiger partial charge in [-0.3, -0.25) is 14.6 Å². The molecule has 0 bridgehead atoms. The highest BCUT2D eigenvalue weighted by atomic mass is 35.5. The van der Waals surface area contributed by atoms with Crippen LogP contribution in [-0.2, 0) is 4.74 Å². The lowest BCUT2D eigenvalue weighted by atomic mass is 10.3. The van der Waals surface area contributed by atoms with Gasteiger partial charge in [0.05, 0.1) is 35.7 Å². The summed E-state index contributed by atoms with van der Waals surface area (Å²) in [5.41, 5.74) is 1.29. The van der Waals surface area contributed by atoms with E-state index in [0.717, 1.165) is 55.5 Å². The number of nitrogens with zero attached hydrogens (tertiary/aromatic N) is 5. The molecule has 0 saturated carbocycles. The average molecular weight is 468 g/mol. The number of amides is 1. The normalized spacial score (nSPS) is 14.9. The van der Waals surface area contributed by atoms with Gasteiger partial charge in [-0.25, -0.2) is 4.98 Å². The summed E-state index contributed by atoms with van der Waals surface area (Å²) in [6.07, 6.45) is 0.817. The molecule has 30 heavy (non-hydrogen) atoms. The highest BCUT2D eigenvalue weighted by molar-refractivity contribution is 7.23. The molecule has 0 spiro atoms. The zero-order valence-corrected chi connectivity index (χ0v) is 19.1. The quantitative estimate of drug-likeness (QED) is 0.526. The van der Waals surface area contributed by atoms with Crippen LogP contribution in [-0.4, -0.2) is 71.9 Å². The van der Waals surface area contributed by atoms with Gasteiger partial charge in [0.25, 0.3) is 5.91 Å². The van der Waals surface area contributed by atoms with E-state index in [1.165, 1.54) is 11.3 Å². The molecule has 160 valence electrons. The van der Waals surface area contributed by atoms with E-state index < -0.39 is 0 Å². The SMILES string of the molecule is COc1ccc(Cl)c2sc(N(CCCN3CCOCC3)C(=O)c3snnc3C)nc12. The highest BCUT2D eigenvalue weighted by Gasteiger charge is 2.26. The maximum absolute atomic E-state index is 13.4. The molecule has 1 aliphatic rings. The van der Waals surface area contributed by atoms with Crippen molar-refractivity contribution in [2.45, 2.75) is 13.3 Å². The number of anilines is 1. The summed E-state index contributed by atoms with van der Waals surface area (Å²) in [5.74, 6) is 0.492. The lowest BCUT2D eigenvalue weighted by Gasteiger charge is -2.27. The maximum atomic E-state index is 13.4. The second kappa shape index (κ2) is 9.52. The van der Waals surface area contributed by atoms with Crippen LogP contribution in [0.2, 0.25) is 5.02 Å². The second-order valence-corrected chi connectivity index (χ2v) is 9.01. The predicted octanol–water partition coefficient (Wildman–Crippen LogP) is 3.49. The third-order valence-corrected chi connectivity index (χ3v) is 7.30. The highest BCUT2D eigenvalue weighted by Crippen LogP contribution is 2.39. The molecule has 1 amide bonds. The van der Waals surface area contributed by atoms with Crippen molar-refractivity contribution in [1.82, 2.24) is 19.5 Å². The van der Waals surface area contributed by atoms with Crippen LogP contribution in [0, 0.1) is 6.92 Å². The molecule has 3 heterocycles. The fraction of sp³-hybridized carbons (Fsp3) is 0.474. The molecule has 0 radical (unpaired) electrons. The molecular weight excluding hydrogens is 446 g/mol. The molecule has 3 aromatic rings. The molecule has 1 aliphatic heterocycles. The lowest BCUT2D eigenvalue weighted by molar-refractivity contribution is 0.0376.